The van der Waals surface area contributed by atoms with E-state index in [1.165, 1.54) is 5.56 Å². The van der Waals surface area contributed by atoms with E-state index in [-0.39, 0.29) is 0 Å². The molecule has 1 heteroatoms. The lowest BCUT2D eigenvalue weighted by Gasteiger charge is -2.04. The molecular weight excluding hydrogens is 134 g/mol. The molecule has 0 heterocycles. The van der Waals surface area contributed by atoms with Gasteiger partial charge in [-0.15, -0.1) is 0 Å². The predicted octanol–water partition coefficient (Wildman–Crippen LogP) is 2.27. The number of rotatable bonds is 2. The van der Waals surface area contributed by atoms with Crippen molar-refractivity contribution in [3.8, 4) is 0 Å². The minimum Gasteiger partial charge on any atom is -0.398 e. The number of hydrogen-bond donors (Lipinski definition) is 1. The van der Waals surface area contributed by atoms with Gasteiger partial charge in [0.2, 0.25) is 0 Å². The summed E-state index contributed by atoms with van der Waals surface area (Å²) in [6.07, 6.45) is 1.10. The van der Waals surface area contributed by atoms with Crippen LogP contribution in [0.1, 0.15) is 19.4 Å². The molecule has 0 amide bonds. The molecule has 0 spiro atoms. The first-order valence-corrected chi connectivity index (χ1v) is 3.94. The summed E-state index contributed by atoms with van der Waals surface area (Å²) in [7, 11) is 0. The van der Waals surface area contributed by atoms with Crippen molar-refractivity contribution in [2.45, 2.75) is 20.3 Å². The SMILES string of the molecule is CC(C)Cc1cc[c]c(N)c1. The Morgan fingerprint density at radius 2 is 2.27 bits per heavy atom. The van der Waals surface area contributed by atoms with Crippen molar-refractivity contribution in [2.24, 2.45) is 5.92 Å². The Balaban J connectivity index is 2.71. The summed E-state index contributed by atoms with van der Waals surface area (Å²) in [5.41, 5.74) is 7.62. The van der Waals surface area contributed by atoms with Crippen LogP contribution in [0.4, 0.5) is 5.69 Å². The molecule has 0 atom stereocenters. The van der Waals surface area contributed by atoms with E-state index in [4.69, 9.17) is 5.73 Å². The topological polar surface area (TPSA) is 26.0 Å². The van der Waals surface area contributed by atoms with Crippen molar-refractivity contribution in [1.29, 1.82) is 0 Å². The van der Waals surface area contributed by atoms with Crippen LogP contribution >= 0.6 is 0 Å². The second-order valence-corrected chi connectivity index (χ2v) is 3.25. The first kappa shape index (κ1) is 8.12. The van der Waals surface area contributed by atoms with E-state index in [2.05, 4.69) is 26.0 Å². The third-order valence-electron chi connectivity index (χ3n) is 1.53. The molecule has 59 valence electrons. The number of benzene rings is 1. The van der Waals surface area contributed by atoms with Crippen molar-refractivity contribution in [2.75, 3.05) is 5.73 Å². The Morgan fingerprint density at radius 1 is 1.55 bits per heavy atom. The molecule has 11 heavy (non-hydrogen) atoms. The molecule has 0 fully saturated rings. The van der Waals surface area contributed by atoms with Crippen LogP contribution in [-0.4, -0.2) is 0 Å². The van der Waals surface area contributed by atoms with Crippen LogP contribution in [0, 0.1) is 12.0 Å². The molecule has 1 aromatic carbocycles. The lowest BCUT2D eigenvalue weighted by Crippen LogP contribution is -1.95. The second kappa shape index (κ2) is 3.42. The van der Waals surface area contributed by atoms with E-state index in [0.717, 1.165) is 12.1 Å². The normalized spacial score (nSPS) is 10.5. The molecule has 0 aliphatic carbocycles. The smallest absolute Gasteiger partial charge is 0.0397 e. The van der Waals surface area contributed by atoms with E-state index < -0.39 is 0 Å². The van der Waals surface area contributed by atoms with E-state index in [1.54, 1.807) is 0 Å². The van der Waals surface area contributed by atoms with Crippen LogP contribution in [0.3, 0.4) is 0 Å². The summed E-state index contributed by atoms with van der Waals surface area (Å²) in [6, 6.07) is 8.86. The van der Waals surface area contributed by atoms with Gasteiger partial charge >= 0.3 is 0 Å². The largest absolute Gasteiger partial charge is 0.398 e. The highest BCUT2D eigenvalue weighted by Crippen LogP contribution is 2.10. The molecule has 1 nitrogen and oxygen atoms in total. The summed E-state index contributed by atoms with van der Waals surface area (Å²) in [6.45, 7) is 4.40. The predicted molar refractivity (Wildman–Crippen MR) is 48.2 cm³/mol. The molecular formula is C10H14N. The van der Waals surface area contributed by atoms with Gasteiger partial charge in [0.15, 0.2) is 0 Å². The summed E-state index contributed by atoms with van der Waals surface area (Å²) < 4.78 is 0. The number of nitrogen functional groups attached to an aromatic ring is 1. The summed E-state index contributed by atoms with van der Waals surface area (Å²) in [5.74, 6) is 0.691. The van der Waals surface area contributed by atoms with Crippen LogP contribution in [0.25, 0.3) is 0 Å². The average Bonchev–Trinajstić information content (AvgIpc) is 1.85. The van der Waals surface area contributed by atoms with Crippen LogP contribution < -0.4 is 5.73 Å². The van der Waals surface area contributed by atoms with Crippen molar-refractivity contribution in [1.82, 2.24) is 0 Å². The molecule has 1 rings (SSSR count). The molecule has 1 radical (unpaired) electrons. The Morgan fingerprint density at radius 3 is 2.82 bits per heavy atom. The van der Waals surface area contributed by atoms with Gasteiger partial charge in [-0.1, -0.05) is 26.0 Å². The highest BCUT2D eigenvalue weighted by Gasteiger charge is 1.96. The van der Waals surface area contributed by atoms with Gasteiger partial charge in [0.25, 0.3) is 0 Å². The standard InChI is InChI=1S/C10H14N/c1-8(2)6-9-4-3-5-10(11)7-9/h3-4,7-8H,6,11H2,1-2H3. The van der Waals surface area contributed by atoms with Crippen molar-refractivity contribution in [3.05, 3.63) is 29.8 Å². The average molecular weight is 148 g/mol. The Hall–Kier alpha value is -0.980. The molecule has 0 bridgehead atoms. The van der Waals surface area contributed by atoms with Gasteiger partial charge in [0.05, 0.1) is 0 Å². The van der Waals surface area contributed by atoms with Crippen LogP contribution in [0.2, 0.25) is 0 Å². The monoisotopic (exact) mass is 148 g/mol. The van der Waals surface area contributed by atoms with Gasteiger partial charge in [-0.05, 0) is 24.0 Å². The van der Waals surface area contributed by atoms with E-state index in [0.29, 0.717) is 5.92 Å². The minimum atomic E-state index is 0.691. The zero-order valence-corrected chi connectivity index (χ0v) is 7.09. The molecule has 0 aromatic heterocycles. The molecule has 2 N–H and O–H groups in total. The maximum atomic E-state index is 5.58. The highest BCUT2D eigenvalue weighted by atomic mass is 14.5. The lowest BCUT2D eigenvalue weighted by molar-refractivity contribution is 0.647. The van der Waals surface area contributed by atoms with Crippen LogP contribution in [-0.2, 0) is 6.42 Å². The fraction of sp³-hybridized carbons (Fsp3) is 0.400. The Kier molecular flexibility index (Phi) is 2.53. The molecule has 1 aromatic rings. The van der Waals surface area contributed by atoms with E-state index in [9.17, 15) is 0 Å². The first-order chi connectivity index (χ1) is 5.18. The highest BCUT2D eigenvalue weighted by molar-refractivity contribution is 5.39. The fourth-order valence-corrected chi connectivity index (χ4v) is 1.13. The number of anilines is 1. The Bertz CT molecular complexity index is 228. The zero-order chi connectivity index (χ0) is 8.27. The van der Waals surface area contributed by atoms with Crippen LogP contribution in [0.15, 0.2) is 18.2 Å². The van der Waals surface area contributed by atoms with Crippen LogP contribution in [0.5, 0.6) is 0 Å². The maximum absolute atomic E-state index is 5.58. The van der Waals surface area contributed by atoms with Gasteiger partial charge in [0, 0.05) is 11.8 Å². The third kappa shape index (κ3) is 2.62. The second-order valence-electron chi connectivity index (χ2n) is 3.25. The quantitative estimate of drug-likeness (QED) is 0.640. The first-order valence-electron chi connectivity index (χ1n) is 3.94. The molecule has 0 unspecified atom stereocenters. The van der Waals surface area contributed by atoms with Gasteiger partial charge in [-0.3, -0.25) is 0 Å². The fourth-order valence-electron chi connectivity index (χ4n) is 1.13. The molecule has 0 saturated carbocycles. The Labute approximate surface area is 68.2 Å². The molecule has 0 saturated heterocycles. The van der Waals surface area contributed by atoms with Crippen molar-refractivity contribution in [3.63, 3.8) is 0 Å². The summed E-state index contributed by atoms with van der Waals surface area (Å²) in [4.78, 5) is 0. The zero-order valence-electron chi connectivity index (χ0n) is 7.09. The van der Waals surface area contributed by atoms with Crippen molar-refractivity contribution >= 4 is 5.69 Å². The third-order valence-corrected chi connectivity index (χ3v) is 1.53. The lowest BCUT2D eigenvalue weighted by atomic mass is 10.0. The van der Waals surface area contributed by atoms with Gasteiger partial charge in [0.1, 0.15) is 0 Å². The maximum Gasteiger partial charge on any atom is 0.0397 e. The van der Waals surface area contributed by atoms with Crippen molar-refractivity contribution < 1.29 is 0 Å². The van der Waals surface area contributed by atoms with Gasteiger partial charge in [-0.2, -0.15) is 0 Å². The van der Waals surface area contributed by atoms with Gasteiger partial charge < -0.3 is 5.73 Å². The summed E-state index contributed by atoms with van der Waals surface area (Å²) in [5, 5.41) is 0. The minimum absolute atomic E-state index is 0.691. The number of hydrogen-bond acceptors (Lipinski definition) is 1. The number of nitrogens with two attached hydrogens (primary N) is 1. The molecule has 0 aliphatic heterocycles. The van der Waals surface area contributed by atoms with Gasteiger partial charge in [-0.25, -0.2) is 0 Å². The van der Waals surface area contributed by atoms with E-state index >= 15 is 0 Å². The van der Waals surface area contributed by atoms with E-state index in [1.807, 2.05) is 12.1 Å². The molecule has 0 aliphatic rings. The summed E-state index contributed by atoms with van der Waals surface area (Å²) >= 11 is 0.